The number of carbonyl (C=O) groups is 1. The Morgan fingerprint density at radius 1 is 1.37 bits per heavy atom. The van der Waals surface area contributed by atoms with E-state index in [0.717, 1.165) is 23.7 Å². The zero-order valence-electron chi connectivity index (χ0n) is 11.7. The largest absolute Gasteiger partial charge is 0.351 e. The highest BCUT2D eigenvalue weighted by atomic mass is 79.9. The number of carbonyl (C=O) groups excluding carboxylic acids is 1. The van der Waals surface area contributed by atoms with Crippen molar-refractivity contribution >= 4 is 21.8 Å². The van der Waals surface area contributed by atoms with Crippen LogP contribution in [0.25, 0.3) is 0 Å². The molecule has 1 amide bonds. The third-order valence-corrected chi connectivity index (χ3v) is 4.97. The minimum absolute atomic E-state index is 0.0385. The maximum atomic E-state index is 13.7. The van der Waals surface area contributed by atoms with Gasteiger partial charge in [0.25, 0.3) is 5.91 Å². The van der Waals surface area contributed by atoms with E-state index < -0.39 is 5.82 Å². The summed E-state index contributed by atoms with van der Waals surface area (Å²) in [6.45, 7) is 6.55. The predicted molar refractivity (Wildman–Crippen MR) is 80.3 cm³/mol. The van der Waals surface area contributed by atoms with Crippen molar-refractivity contribution in [3.8, 4) is 0 Å². The molecule has 0 aliphatic carbocycles. The van der Waals surface area contributed by atoms with E-state index in [-0.39, 0.29) is 16.9 Å². The fourth-order valence-electron chi connectivity index (χ4n) is 1.90. The lowest BCUT2D eigenvalue weighted by Gasteiger charge is -2.29. The summed E-state index contributed by atoms with van der Waals surface area (Å²) in [7, 11) is 0. The van der Waals surface area contributed by atoms with Gasteiger partial charge in [0.15, 0.2) is 0 Å². The second-order valence-corrected chi connectivity index (χ2v) is 5.57. The third kappa shape index (κ3) is 4.03. The van der Waals surface area contributed by atoms with Gasteiger partial charge in [-0.05, 0) is 42.9 Å². The zero-order chi connectivity index (χ0) is 14.5. The maximum absolute atomic E-state index is 13.7. The summed E-state index contributed by atoms with van der Waals surface area (Å²) in [6.07, 6.45) is 1.93. The highest BCUT2D eigenvalue weighted by Gasteiger charge is 2.26. The molecular formula is C15H21BrFNO. The van der Waals surface area contributed by atoms with E-state index in [9.17, 15) is 9.18 Å². The standard InChI is InChI=1S/C15H21BrFNO/c1-4-15(5-2,9-16)10-18-14(19)12-7-6-11(3)8-13(12)17/h6-8H,4-5,9-10H2,1-3H3,(H,18,19). The van der Waals surface area contributed by atoms with Crippen LogP contribution in [0, 0.1) is 18.2 Å². The van der Waals surface area contributed by atoms with Gasteiger partial charge in [-0.2, -0.15) is 0 Å². The zero-order valence-corrected chi connectivity index (χ0v) is 13.3. The van der Waals surface area contributed by atoms with Crippen LogP contribution >= 0.6 is 15.9 Å². The topological polar surface area (TPSA) is 29.1 Å². The van der Waals surface area contributed by atoms with Gasteiger partial charge in [0.05, 0.1) is 5.56 Å². The molecule has 0 bridgehead atoms. The Labute approximate surface area is 122 Å². The van der Waals surface area contributed by atoms with E-state index in [1.165, 1.54) is 12.1 Å². The number of rotatable bonds is 6. The Bertz CT molecular complexity index is 436. The molecule has 1 aromatic carbocycles. The summed E-state index contributed by atoms with van der Waals surface area (Å²) in [5.41, 5.74) is 0.962. The Morgan fingerprint density at radius 2 is 2.00 bits per heavy atom. The van der Waals surface area contributed by atoms with Crippen molar-refractivity contribution in [2.75, 3.05) is 11.9 Å². The van der Waals surface area contributed by atoms with Crippen molar-refractivity contribution in [1.29, 1.82) is 0 Å². The minimum atomic E-state index is -0.463. The van der Waals surface area contributed by atoms with E-state index >= 15 is 0 Å². The number of hydrogen-bond acceptors (Lipinski definition) is 1. The molecule has 1 aromatic rings. The van der Waals surface area contributed by atoms with Gasteiger partial charge in [0, 0.05) is 11.9 Å². The monoisotopic (exact) mass is 329 g/mol. The van der Waals surface area contributed by atoms with Crippen molar-refractivity contribution < 1.29 is 9.18 Å². The summed E-state index contributed by atoms with van der Waals surface area (Å²) in [5.74, 6) is -0.806. The van der Waals surface area contributed by atoms with Crippen LogP contribution in [-0.2, 0) is 0 Å². The molecule has 0 saturated heterocycles. The first-order valence-corrected chi connectivity index (χ1v) is 7.70. The van der Waals surface area contributed by atoms with Gasteiger partial charge >= 0.3 is 0 Å². The van der Waals surface area contributed by atoms with Crippen LogP contribution in [0.5, 0.6) is 0 Å². The summed E-state index contributed by atoms with van der Waals surface area (Å²) in [6, 6.07) is 4.66. The number of aryl methyl sites for hydroxylation is 1. The molecule has 0 saturated carbocycles. The molecule has 0 aliphatic heterocycles. The number of hydrogen-bond donors (Lipinski definition) is 1. The minimum Gasteiger partial charge on any atom is -0.351 e. The molecule has 1 N–H and O–H groups in total. The van der Waals surface area contributed by atoms with E-state index in [0.29, 0.717) is 6.54 Å². The van der Waals surface area contributed by atoms with Crippen LogP contribution in [0.15, 0.2) is 18.2 Å². The molecule has 0 aliphatic rings. The normalized spacial score (nSPS) is 11.4. The summed E-state index contributed by atoms with van der Waals surface area (Å²) in [4.78, 5) is 12.0. The SMILES string of the molecule is CCC(CC)(CBr)CNC(=O)c1ccc(C)cc1F. The molecule has 0 fully saturated rings. The first-order chi connectivity index (χ1) is 8.98. The smallest absolute Gasteiger partial charge is 0.254 e. The second kappa shape index (κ2) is 7.04. The fourth-order valence-corrected chi connectivity index (χ4v) is 2.89. The van der Waals surface area contributed by atoms with E-state index in [1.54, 1.807) is 13.0 Å². The second-order valence-electron chi connectivity index (χ2n) is 5.01. The molecule has 0 unspecified atom stereocenters. The third-order valence-electron chi connectivity index (χ3n) is 3.78. The van der Waals surface area contributed by atoms with Gasteiger partial charge in [-0.1, -0.05) is 35.8 Å². The maximum Gasteiger partial charge on any atom is 0.254 e. The number of halogens is 2. The van der Waals surface area contributed by atoms with Crippen LogP contribution in [0.4, 0.5) is 4.39 Å². The van der Waals surface area contributed by atoms with E-state index in [4.69, 9.17) is 0 Å². The van der Waals surface area contributed by atoms with Crippen molar-refractivity contribution in [3.63, 3.8) is 0 Å². The molecule has 2 nitrogen and oxygen atoms in total. The van der Waals surface area contributed by atoms with Gasteiger partial charge in [-0.3, -0.25) is 4.79 Å². The summed E-state index contributed by atoms with van der Waals surface area (Å²) >= 11 is 3.50. The van der Waals surface area contributed by atoms with Gasteiger partial charge in [0.2, 0.25) is 0 Å². The Balaban J connectivity index is 2.75. The Hall–Kier alpha value is -0.900. The highest BCUT2D eigenvalue weighted by Crippen LogP contribution is 2.27. The molecular weight excluding hydrogens is 309 g/mol. The van der Waals surface area contributed by atoms with Crippen LogP contribution in [0.3, 0.4) is 0 Å². The molecule has 106 valence electrons. The Morgan fingerprint density at radius 3 is 2.47 bits per heavy atom. The van der Waals surface area contributed by atoms with Crippen LogP contribution in [0.2, 0.25) is 0 Å². The highest BCUT2D eigenvalue weighted by molar-refractivity contribution is 9.09. The Kier molecular flexibility index (Phi) is 5.98. The van der Waals surface area contributed by atoms with E-state index in [1.807, 2.05) is 0 Å². The number of amides is 1. The average Bonchev–Trinajstić information content (AvgIpc) is 2.40. The van der Waals surface area contributed by atoms with Gasteiger partial charge in [-0.15, -0.1) is 0 Å². The molecule has 0 radical (unpaired) electrons. The number of alkyl halides is 1. The molecule has 0 atom stereocenters. The molecule has 4 heteroatoms. The molecule has 19 heavy (non-hydrogen) atoms. The van der Waals surface area contributed by atoms with E-state index in [2.05, 4.69) is 35.1 Å². The molecule has 0 heterocycles. The summed E-state index contributed by atoms with van der Waals surface area (Å²) in [5, 5.41) is 3.67. The first-order valence-electron chi connectivity index (χ1n) is 6.58. The van der Waals surface area contributed by atoms with Gasteiger partial charge in [-0.25, -0.2) is 4.39 Å². The van der Waals surface area contributed by atoms with Crippen molar-refractivity contribution in [2.45, 2.75) is 33.6 Å². The van der Waals surface area contributed by atoms with Crippen molar-refractivity contribution in [2.24, 2.45) is 5.41 Å². The first kappa shape index (κ1) is 16.2. The predicted octanol–water partition coefficient (Wildman–Crippen LogP) is 4.07. The summed E-state index contributed by atoms with van der Waals surface area (Å²) < 4.78 is 13.7. The van der Waals surface area contributed by atoms with Crippen molar-refractivity contribution in [1.82, 2.24) is 5.32 Å². The van der Waals surface area contributed by atoms with Gasteiger partial charge in [0.1, 0.15) is 5.82 Å². The lowest BCUT2D eigenvalue weighted by molar-refractivity contribution is 0.0928. The molecule has 1 rings (SSSR count). The van der Waals surface area contributed by atoms with Crippen LogP contribution < -0.4 is 5.32 Å². The number of benzene rings is 1. The lowest BCUT2D eigenvalue weighted by atomic mass is 9.84. The molecule has 0 aromatic heterocycles. The van der Waals surface area contributed by atoms with Crippen LogP contribution in [-0.4, -0.2) is 17.8 Å². The average molecular weight is 330 g/mol. The van der Waals surface area contributed by atoms with Crippen LogP contribution in [0.1, 0.15) is 42.6 Å². The molecule has 0 spiro atoms. The van der Waals surface area contributed by atoms with Crippen molar-refractivity contribution in [3.05, 3.63) is 35.1 Å². The lowest BCUT2D eigenvalue weighted by Crippen LogP contribution is -2.38. The quantitative estimate of drug-likeness (QED) is 0.783. The van der Waals surface area contributed by atoms with Gasteiger partial charge < -0.3 is 5.32 Å². The fraction of sp³-hybridized carbons (Fsp3) is 0.533. The number of nitrogens with one attached hydrogen (secondary N) is 1.